The van der Waals surface area contributed by atoms with Gasteiger partial charge < -0.3 is 15.4 Å². The molecule has 92 valence electrons. The maximum atomic E-state index is 5.51. The topological polar surface area (TPSA) is 46.2 Å². The highest BCUT2D eigenvalue weighted by Gasteiger charge is 2.15. The summed E-state index contributed by atoms with van der Waals surface area (Å²) in [5.41, 5.74) is 1.16. The molecule has 0 aliphatic carbocycles. The third-order valence-corrected chi connectivity index (χ3v) is 2.92. The van der Waals surface area contributed by atoms with Crippen LogP contribution >= 0.6 is 12.2 Å². The molecule has 2 N–H and O–H groups in total. The number of pyridine rings is 1. The van der Waals surface area contributed by atoms with Crippen LogP contribution in [0.3, 0.4) is 0 Å². The number of hydrogen-bond donors (Lipinski definition) is 2. The van der Waals surface area contributed by atoms with Gasteiger partial charge in [-0.25, -0.2) is 4.98 Å². The van der Waals surface area contributed by atoms with Crippen LogP contribution in [0.1, 0.15) is 18.4 Å². The smallest absolute Gasteiger partial charge is 0.172 e. The van der Waals surface area contributed by atoms with E-state index in [0.717, 1.165) is 37.4 Å². The Morgan fingerprint density at radius 2 is 2.53 bits per heavy atom. The predicted octanol–water partition coefficient (Wildman–Crippen LogP) is 1.86. The molecule has 4 nitrogen and oxygen atoms in total. The Morgan fingerprint density at radius 3 is 3.24 bits per heavy atom. The van der Waals surface area contributed by atoms with Gasteiger partial charge in [0.25, 0.3) is 0 Å². The first kappa shape index (κ1) is 12.3. The van der Waals surface area contributed by atoms with Crippen molar-refractivity contribution in [3.63, 3.8) is 0 Å². The largest absolute Gasteiger partial charge is 0.376 e. The van der Waals surface area contributed by atoms with Crippen LogP contribution in [0.2, 0.25) is 0 Å². The van der Waals surface area contributed by atoms with Crippen LogP contribution < -0.4 is 10.6 Å². The Labute approximate surface area is 107 Å². The first-order valence-electron chi connectivity index (χ1n) is 5.83. The van der Waals surface area contributed by atoms with Crippen molar-refractivity contribution in [3.8, 4) is 0 Å². The number of rotatable bonds is 3. The summed E-state index contributed by atoms with van der Waals surface area (Å²) in [6.45, 7) is 3.65. The molecule has 5 heteroatoms. The molecule has 0 saturated carbocycles. The first-order chi connectivity index (χ1) is 8.24. The van der Waals surface area contributed by atoms with Gasteiger partial charge in [0.05, 0.1) is 6.10 Å². The Kier molecular flexibility index (Phi) is 4.28. The fraction of sp³-hybridized carbons (Fsp3) is 0.500. The third-order valence-electron chi connectivity index (χ3n) is 2.67. The van der Waals surface area contributed by atoms with Gasteiger partial charge in [-0.2, -0.15) is 0 Å². The number of hydrogen-bond acceptors (Lipinski definition) is 3. The zero-order chi connectivity index (χ0) is 12.1. The van der Waals surface area contributed by atoms with Crippen LogP contribution in [-0.4, -0.2) is 29.4 Å². The van der Waals surface area contributed by atoms with Crippen molar-refractivity contribution in [2.24, 2.45) is 0 Å². The number of thiocarbonyl (C=S) groups is 1. The van der Waals surface area contributed by atoms with E-state index in [9.17, 15) is 0 Å². The van der Waals surface area contributed by atoms with Crippen molar-refractivity contribution in [1.82, 2.24) is 10.3 Å². The second-order valence-corrected chi connectivity index (χ2v) is 4.60. The lowest BCUT2D eigenvalue weighted by atomic mass is 10.2. The van der Waals surface area contributed by atoms with Gasteiger partial charge in [-0.1, -0.05) is 0 Å². The van der Waals surface area contributed by atoms with E-state index >= 15 is 0 Å². The summed E-state index contributed by atoms with van der Waals surface area (Å²) in [7, 11) is 0. The second kappa shape index (κ2) is 5.93. The predicted molar refractivity (Wildman–Crippen MR) is 72.2 cm³/mol. The van der Waals surface area contributed by atoms with Gasteiger partial charge >= 0.3 is 0 Å². The quantitative estimate of drug-likeness (QED) is 0.803. The molecule has 0 bridgehead atoms. The Hall–Kier alpha value is -1.20. The van der Waals surface area contributed by atoms with E-state index in [0.29, 0.717) is 11.2 Å². The summed E-state index contributed by atoms with van der Waals surface area (Å²) in [4.78, 5) is 4.19. The molecule has 0 spiro atoms. The van der Waals surface area contributed by atoms with Crippen molar-refractivity contribution >= 4 is 23.1 Å². The monoisotopic (exact) mass is 251 g/mol. The summed E-state index contributed by atoms with van der Waals surface area (Å²) in [6.07, 6.45) is 4.31. The van der Waals surface area contributed by atoms with Gasteiger partial charge in [0.2, 0.25) is 0 Å². The normalized spacial score (nSPS) is 19.0. The maximum Gasteiger partial charge on any atom is 0.172 e. The molecule has 2 heterocycles. The standard InChI is InChI=1S/C12H17N3OS/c1-9-4-5-13-11(7-9)15-12(17)14-8-10-3-2-6-16-10/h4-5,7,10H,2-3,6,8H2,1H3,(H2,13,14,15,17)/t10-/m0/s1. The Balaban J connectivity index is 1.76. The molecule has 1 saturated heterocycles. The Morgan fingerprint density at radius 1 is 1.65 bits per heavy atom. The lowest BCUT2D eigenvalue weighted by Gasteiger charge is -2.13. The van der Waals surface area contributed by atoms with E-state index < -0.39 is 0 Å². The average Bonchev–Trinajstić information content (AvgIpc) is 2.79. The van der Waals surface area contributed by atoms with Crippen molar-refractivity contribution in [2.75, 3.05) is 18.5 Å². The molecule has 2 rings (SSSR count). The van der Waals surface area contributed by atoms with E-state index in [2.05, 4.69) is 15.6 Å². The highest BCUT2D eigenvalue weighted by atomic mass is 32.1. The zero-order valence-corrected chi connectivity index (χ0v) is 10.7. The average molecular weight is 251 g/mol. The summed E-state index contributed by atoms with van der Waals surface area (Å²) < 4.78 is 5.51. The Bertz CT molecular complexity index is 391. The molecule has 1 aliphatic rings. The molecule has 1 fully saturated rings. The molecule has 1 aromatic heterocycles. The van der Waals surface area contributed by atoms with Crippen LogP contribution in [0.15, 0.2) is 18.3 Å². The zero-order valence-electron chi connectivity index (χ0n) is 9.90. The number of aromatic nitrogens is 1. The van der Waals surface area contributed by atoms with Crippen LogP contribution in [0.25, 0.3) is 0 Å². The molecule has 1 aliphatic heterocycles. The number of anilines is 1. The number of nitrogens with one attached hydrogen (secondary N) is 2. The van der Waals surface area contributed by atoms with Crippen LogP contribution in [-0.2, 0) is 4.74 Å². The number of nitrogens with zero attached hydrogens (tertiary/aromatic N) is 1. The van der Waals surface area contributed by atoms with E-state index in [1.807, 2.05) is 19.1 Å². The molecular weight excluding hydrogens is 234 g/mol. The number of ether oxygens (including phenoxy) is 1. The van der Waals surface area contributed by atoms with Gasteiger partial charge in [0.15, 0.2) is 5.11 Å². The minimum Gasteiger partial charge on any atom is -0.376 e. The fourth-order valence-corrected chi connectivity index (χ4v) is 1.96. The van der Waals surface area contributed by atoms with Crippen LogP contribution in [0, 0.1) is 6.92 Å². The minimum atomic E-state index is 0.292. The molecule has 1 aromatic rings. The molecule has 0 amide bonds. The van der Waals surface area contributed by atoms with Crippen molar-refractivity contribution < 1.29 is 4.74 Å². The van der Waals surface area contributed by atoms with Crippen molar-refractivity contribution in [3.05, 3.63) is 23.9 Å². The van der Waals surface area contributed by atoms with E-state index in [1.165, 1.54) is 0 Å². The van der Waals surface area contributed by atoms with E-state index in [1.54, 1.807) is 6.20 Å². The van der Waals surface area contributed by atoms with E-state index in [4.69, 9.17) is 17.0 Å². The molecule has 0 radical (unpaired) electrons. The van der Waals surface area contributed by atoms with Gasteiger partial charge in [-0.15, -0.1) is 0 Å². The first-order valence-corrected chi connectivity index (χ1v) is 6.24. The van der Waals surface area contributed by atoms with Crippen molar-refractivity contribution in [1.29, 1.82) is 0 Å². The number of aryl methyl sites for hydroxylation is 1. The molecule has 0 unspecified atom stereocenters. The highest BCUT2D eigenvalue weighted by molar-refractivity contribution is 7.80. The SMILES string of the molecule is Cc1ccnc(NC(=S)NC[C@@H]2CCCO2)c1. The summed E-state index contributed by atoms with van der Waals surface area (Å²) >= 11 is 5.20. The fourth-order valence-electron chi connectivity index (χ4n) is 1.78. The van der Waals surface area contributed by atoms with Crippen LogP contribution in [0.5, 0.6) is 0 Å². The molecule has 17 heavy (non-hydrogen) atoms. The minimum absolute atomic E-state index is 0.292. The highest BCUT2D eigenvalue weighted by Crippen LogP contribution is 2.10. The maximum absolute atomic E-state index is 5.51. The summed E-state index contributed by atoms with van der Waals surface area (Å²) in [5, 5.41) is 6.80. The van der Waals surface area contributed by atoms with Gasteiger partial charge in [-0.05, 0) is 49.7 Å². The summed E-state index contributed by atoms with van der Waals surface area (Å²) in [6, 6.07) is 3.91. The van der Waals surface area contributed by atoms with Gasteiger partial charge in [0, 0.05) is 19.3 Å². The summed E-state index contributed by atoms with van der Waals surface area (Å²) in [5.74, 6) is 0.773. The lowest BCUT2D eigenvalue weighted by molar-refractivity contribution is 0.114. The van der Waals surface area contributed by atoms with Crippen LogP contribution in [0.4, 0.5) is 5.82 Å². The van der Waals surface area contributed by atoms with Gasteiger partial charge in [-0.3, -0.25) is 0 Å². The third kappa shape index (κ3) is 3.94. The van der Waals surface area contributed by atoms with E-state index in [-0.39, 0.29) is 0 Å². The van der Waals surface area contributed by atoms with Gasteiger partial charge in [0.1, 0.15) is 5.82 Å². The second-order valence-electron chi connectivity index (χ2n) is 4.19. The molecular formula is C12H17N3OS. The van der Waals surface area contributed by atoms with Crippen molar-refractivity contribution in [2.45, 2.75) is 25.9 Å². The molecule has 0 aromatic carbocycles. The molecule has 1 atom stereocenters. The lowest BCUT2D eigenvalue weighted by Crippen LogP contribution is -2.35.